The number of carbonyl (C=O) groups is 1. The van der Waals surface area contributed by atoms with E-state index in [0.29, 0.717) is 31.7 Å². The zero-order valence-electron chi connectivity index (χ0n) is 14.4. The number of amides is 1. The number of para-hydroxylation sites is 2. The Morgan fingerprint density at radius 2 is 1.62 bits per heavy atom. The molecule has 0 atom stereocenters. The molecular formula is C18H20IN3O3S. The largest absolute Gasteiger partial charge is 0.367 e. The normalized spacial score (nSPS) is 15.7. The Kier molecular flexibility index (Phi) is 5.83. The highest BCUT2D eigenvalue weighted by Crippen LogP contribution is 2.28. The molecule has 0 radical (unpaired) electrons. The highest BCUT2D eigenvalue weighted by molar-refractivity contribution is 14.1. The van der Waals surface area contributed by atoms with Crippen LogP contribution in [0.5, 0.6) is 0 Å². The molecular weight excluding hydrogens is 465 g/mol. The molecule has 1 saturated heterocycles. The number of rotatable bonds is 4. The molecule has 0 unspecified atom stereocenters. The molecule has 2 aromatic rings. The van der Waals surface area contributed by atoms with Crippen molar-refractivity contribution >= 4 is 49.9 Å². The van der Waals surface area contributed by atoms with Crippen LogP contribution in [-0.4, -0.2) is 51.1 Å². The van der Waals surface area contributed by atoms with Gasteiger partial charge in [0.15, 0.2) is 0 Å². The summed E-state index contributed by atoms with van der Waals surface area (Å²) in [7, 11) is -3.17. The van der Waals surface area contributed by atoms with E-state index >= 15 is 0 Å². The molecule has 138 valence electrons. The number of sulfonamides is 1. The minimum atomic E-state index is -3.17. The number of piperazine rings is 1. The first-order chi connectivity index (χ1) is 12.4. The molecule has 0 bridgehead atoms. The summed E-state index contributed by atoms with van der Waals surface area (Å²) in [6.07, 6.45) is 1.23. The molecule has 0 aromatic heterocycles. The quantitative estimate of drug-likeness (QED) is 0.677. The van der Waals surface area contributed by atoms with Gasteiger partial charge in [-0.1, -0.05) is 24.3 Å². The van der Waals surface area contributed by atoms with Crippen LogP contribution in [0, 0.1) is 3.57 Å². The summed E-state index contributed by atoms with van der Waals surface area (Å²) in [5.41, 5.74) is 2.26. The van der Waals surface area contributed by atoms with Gasteiger partial charge >= 0.3 is 0 Å². The van der Waals surface area contributed by atoms with Crippen molar-refractivity contribution < 1.29 is 13.2 Å². The lowest BCUT2D eigenvalue weighted by atomic mass is 10.2. The Hall–Kier alpha value is -1.65. The predicted octanol–water partition coefficient (Wildman–Crippen LogP) is 2.63. The maximum absolute atomic E-state index is 12.6. The highest BCUT2D eigenvalue weighted by Gasteiger charge is 2.25. The summed E-state index contributed by atoms with van der Waals surface area (Å²) >= 11 is 2.15. The van der Waals surface area contributed by atoms with Crippen molar-refractivity contribution in [2.45, 2.75) is 0 Å². The van der Waals surface area contributed by atoms with Crippen molar-refractivity contribution in [1.82, 2.24) is 4.31 Å². The summed E-state index contributed by atoms with van der Waals surface area (Å²) in [4.78, 5) is 14.7. The van der Waals surface area contributed by atoms with Crippen molar-refractivity contribution in [3.63, 3.8) is 0 Å². The summed E-state index contributed by atoms with van der Waals surface area (Å²) in [5.74, 6) is -0.155. The van der Waals surface area contributed by atoms with Gasteiger partial charge in [0, 0.05) is 29.7 Å². The lowest BCUT2D eigenvalue weighted by Crippen LogP contribution is -2.48. The Labute approximate surface area is 167 Å². The minimum Gasteiger partial charge on any atom is -0.367 e. The molecule has 1 aliphatic heterocycles. The van der Waals surface area contributed by atoms with E-state index in [2.05, 4.69) is 32.8 Å². The molecule has 1 fully saturated rings. The molecule has 3 rings (SSSR count). The monoisotopic (exact) mass is 485 g/mol. The van der Waals surface area contributed by atoms with Crippen molar-refractivity contribution in [1.29, 1.82) is 0 Å². The van der Waals surface area contributed by atoms with Crippen molar-refractivity contribution in [3.05, 3.63) is 57.7 Å². The molecule has 1 N–H and O–H groups in total. The van der Waals surface area contributed by atoms with Crippen LogP contribution in [-0.2, 0) is 10.0 Å². The van der Waals surface area contributed by atoms with Gasteiger partial charge in [-0.25, -0.2) is 8.42 Å². The molecule has 0 saturated carbocycles. The zero-order chi connectivity index (χ0) is 18.7. The topological polar surface area (TPSA) is 69.7 Å². The van der Waals surface area contributed by atoms with Crippen LogP contribution in [0.15, 0.2) is 48.5 Å². The van der Waals surface area contributed by atoms with Crippen LogP contribution >= 0.6 is 22.6 Å². The number of hydrogen-bond acceptors (Lipinski definition) is 4. The number of benzene rings is 2. The van der Waals surface area contributed by atoms with E-state index in [9.17, 15) is 13.2 Å². The van der Waals surface area contributed by atoms with Crippen molar-refractivity contribution in [2.75, 3.05) is 42.7 Å². The summed E-state index contributed by atoms with van der Waals surface area (Å²) in [5, 5.41) is 2.99. The number of hydrogen-bond donors (Lipinski definition) is 1. The van der Waals surface area contributed by atoms with Crippen molar-refractivity contribution in [2.24, 2.45) is 0 Å². The third kappa shape index (κ3) is 4.36. The first-order valence-electron chi connectivity index (χ1n) is 8.21. The molecule has 2 aromatic carbocycles. The van der Waals surface area contributed by atoms with E-state index in [1.165, 1.54) is 10.6 Å². The summed E-state index contributed by atoms with van der Waals surface area (Å²) in [6.45, 7) is 2.06. The standard InChI is InChI=1S/C18H20IN3O3S/c1-26(24,25)22-12-10-21(11-13-22)17-9-5-4-8-16(17)20-18(23)14-6-2-3-7-15(14)19/h2-9H,10-13H2,1H3,(H,20,23). The summed E-state index contributed by atoms with van der Waals surface area (Å²) < 4.78 is 25.7. The van der Waals surface area contributed by atoms with Crippen LogP contribution in [0.4, 0.5) is 11.4 Å². The fourth-order valence-electron chi connectivity index (χ4n) is 2.95. The molecule has 8 heteroatoms. The van der Waals surface area contributed by atoms with Gasteiger partial charge in [0.05, 0.1) is 23.2 Å². The second kappa shape index (κ2) is 7.93. The third-order valence-corrected chi connectivity index (χ3v) is 6.56. The van der Waals surface area contributed by atoms with Crippen LogP contribution < -0.4 is 10.2 Å². The van der Waals surface area contributed by atoms with Gasteiger partial charge in [-0.15, -0.1) is 0 Å². The van der Waals surface area contributed by atoms with E-state index in [-0.39, 0.29) is 5.91 Å². The molecule has 0 aliphatic carbocycles. The lowest BCUT2D eigenvalue weighted by Gasteiger charge is -2.35. The van der Waals surface area contributed by atoms with Crippen LogP contribution in [0.1, 0.15) is 10.4 Å². The van der Waals surface area contributed by atoms with E-state index in [1.54, 1.807) is 6.07 Å². The SMILES string of the molecule is CS(=O)(=O)N1CCN(c2ccccc2NC(=O)c2ccccc2I)CC1. The van der Waals surface area contributed by atoms with Crippen LogP contribution in [0.3, 0.4) is 0 Å². The average Bonchev–Trinajstić information content (AvgIpc) is 2.62. The van der Waals surface area contributed by atoms with E-state index < -0.39 is 10.0 Å². The zero-order valence-corrected chi connectivity index (χ0v) is 17.3. The molecule has 1 aliphatic rings. The Bertz CT molecular complexity index is 909. The van der Waals surface area contributed by atoms with Gasteiger partial charge in [0.2, 0.25) is 10.0 Å². The van der Waals surface area contributed by atoms with Gasteiger partial charge in [0.25, 0.3) is 5.91 Å². The third-order valence-electron chi connectivity index (χ3n) is 4.32. The predicted molar refractivity (Wildman–Crippen MR) is 112 cm³/mol. The second-order valence-corrected chi connectivity index (χ2v) is 9.24. The minimum absolute atomic E-state index is 0.155. The maximum atomic E-state index is 12.6. The van der Waals surface area contributed by atoms with Gasteiger partial charge in [0.1, 0.15) is 0 Å². The lowest BCUT2D eigenvalue weighted by molar-refractivity contribution is 0.102. The molecule has 1 heterocycles. The van der Waals surface area contributed by atoms with Gasteiger partial charge in [-0.3, -0.25) is 4.79 Å². The van der Waals surface area contributed by atoms with Crippen LogP contribution in [0.2, 0.25) is 0 Å². The fourth-order valence-corrected chi connectivity index (χ4v) is 4.41. The molecule has 26 heavy (non-hydrogen) atoms. The number of anilines is 2. The van der Waals surface area contributed by atoms with Gasteiger partial charge in [-0.05, 0) is 46.9 Å². The summed E-state index contributed by atoms with van der Waals surface area (Å²) in [6, 6.07) is 15.0. The number of carbonyl (C=O) groups excluding carboxylic acids is 1. The van der Waals surface area contributed by atoms with Crippen molar-refractivity contribution in [3.8, 4) is 0 Å². The molecule has 1 amide bonds. The Balaban J connectivity index is 1.77. The van der Waals surface area contributed by atoms with Crippen LogP contribution in [0.25, 0.3) is 0 Å². The average molecular weight is 485 g/mol. The molecule has 6 nitrogen and oxygen atoms in total. The fraction of sp³-hybridized carbons (Fsp3) is 0.278. The molecule has 0 spiro atoms. The smallest absolute Gasteiger partial charge is 0.256 e. The first kappa shape index (κ1) is 19.1. The van der Waals surface area contributed by atoms with E-state index in [4.69, 9.17) is 0 Å². The first-order valence-corrected chi connectivity index (χ1v) is 11.1. The Morgan fingerprint density at radius 1 is 1.00 bits per heavy atom. The highest BCUT2D eigenvalue weighted by atomic mass is 127. The van der Waals surface area contributed by atoms with Gasteiger partial charge < -0.3 is 10.2 Å². The van der Waals surface area contributed by atoms with E-state index in [0.717, 1.165) is 14.9 Å². The Morgan fingerprint density at radius 3 is 2.27 bits per heavy atom. The maximum Gasteiger partial charge on any atom is 0.256 e. The number of nitrogens with zero attached hydrogens (tertiary/aromatic N) is 2. The second-order valence-electron chi connectivity index (χ2n) is 6.10. The van der Waals surface area contributed by atoms with Gasteiger partial charge in [-0.2, -0.15) is 4.31 Å². The van der Waals surface area contributed by atoms with E-state index in [1.807, 2.05) is 42.5 Å². The number of halogens is 1. The number of nitrogens with one attached hydrogen (secondary N) is 1.